The molecular formula is C12H17ClN2O. The highest BCUT2D eigenvalue weighted by molar-refractivity contribution is 6.18. The normalized spacial score (nSPS) is 18.4. The molecule has 16 heavy (non-hydrogen) atoms. The predicted octanol–water partition coefficient (Wildman–Crippen LogP) is 3.05. The lowest BCUT2D eigenvalue weighted by Crippen LogP contribution is -2.36. The number of methoxy groups -OCH3 is 1. The van der Waals surface area contributed by atoms with Crippen molar-refractivity contribution in [3.63, 3.8) is 0 Å². The van der Waals surface area contributed by atoms with Gasteiger partial charge in [-0.2, -0.15) is 0 Å². The van der Waals surface area contributed by atoms with Gasteiger partial charge in [-0.1, -0.05) is 12.8 Å². The first-order valence-electron chi connectivity index (χ1n) is 5.62. The van der Waals surface area contributed by atoms with Crippen LogP contribution in [-0.4, -0.2) is 23.5 Å². The summed E-state index contributed by atoms with van der Waals surface area (Å²) in [6, 6.07) is 3.86. The van der Waals surface area contributed by atoms with Crippen LogP contribution in [0.1, 0.15) is 25.7 Å². The van der Waals surface area contributed by atoms with E-state index in [1.807, 2.05) is 12.1 Å². The van der Waals surface area contributed by atoms with Crippen molar-refractivity contribution in [2.75, 3.05) is 18.3 Å². The summed E-state index contributed by atoms with van der Waals surface area (Å²) in [5, 5.41) is 3.53. The van der Waals surface area contributed by atoms with Gasteiger partial charge in [-0.05, 0) is 18.9 Å². The molecule has 1 heterocycles. The maximum atomic E-state index is 6.08. The number of pyridine rings is 1. The van der Waals surface area contributed by atoms with Gasteiger partial charge >= 0.3 is 0 Å². The van der Waals surface area contributed by atoms with Gasteiger partial charge in [0.1, 0.15) is 0 Å². The molecule has 0 aliphatic heterocycles. The van der Waals surface area contributed by atoms with Gasteiger partial charge in [0.15, 0.2) is 0 Å². The van der Waals surface area contributed by atoms with Gasteiger partial charge in [-0.15, -0.1) is 11.6 Å². The minimum atomic E-state index is 0.0634. The lowest BCUT2D eigenvalue weighted by atomic mass is 10.00. The van der Waals surface area contributed by atoms with Gasteiger partial charge in [0.2, 0.25) is 5.88 Å². The summed E-state index contributed by atoms with van der Waals surface area (Å²) < 4.78 is 5.10. The fraction of sp³-hybridized carbons (Fsp3) is 0.583. The first kappa shape index (κ1) is 11.5. The monoisotopic (exact) mass is 240 g/mol. The molecule has 0 bridgehead atoms. The molecule has 0 unspecified atom stereocenters. The second kappa shape index (κ2) is 4.91. The summed E-state index contributed by atoms with van der Waals surface area (Å²) in [4.78, 5) is 4.09. The topological polar surface area (TPSA) is 34.1 Å². The van der Waals surface area contributed by atoms with E-state index in [-0.39, 0.29) is 5.54 Å². The van der Waals surface area contributed by atoms with Crippen molar-refractivity contribution in [2.24, 2.45) is 0 Å². The van der Waals surface area contributed by atoms with Crippen molar-refractivity contribution >= 4 is 17.3 Å². The SMILES string of the molecule is COc1cc(NC2(CCl)CCCC2)ccn1. The van der Waals surface area contributed by atoms with E-state index in [9.17, 15) is 0 Å². The predicted molar refractivity (Wildman–Crippen MR) is 66.3 cm³/mol. The summed E-state index contributed by atoms with van der Waals surface area (Å²) in [5.41, 5.74) is 1.10. The fourth-order valence-corrected chi connectivity index (χ4v) is 2.58. The van der Waals surface area contributed by atoms with Crippen LogP contribution >= 0.6 is 11.6 Å². The number of hydrogen-bond donors (Lipinski definition) is 1. The van der Waals surface area contributed by atoms with E-state index in [0.717, 1.165) is 18.5 Å². The van der Waals surface area contributed by atoms with Crippen molar-refractivity contribution in [2.45, 2.75) is 31.2 Å². The number of nitrogens with one attached hydrogen (secondary N) is 1. The molecule has 1 aromatic rings. The number of hydrogen-bond acceptors (Lipinski definition) is 3. The van der Waals surface area contributed by atoms with Crippen molar-refractivity contribution in [1.29, 1.82) is 0 Å². The number of halogens is 1. The summed E-state index contributed by atoms with van der Waals surface area (Å²) in [6.45, 7) is 0. The summed E-state index contributed by atoms with van der Waals surface area (Å²) in [5.74, 6) is 1.28. The number of aromatic nitrogens is 1. The minimum absolute atomic E-state index is 0.0634. The van der Waals surface area contributed by atoms with Gasteiger partial charge in [0, 0.05) is 23.8 Å². The molecule has 0 atom stereocenters. The molecule has 1 fully saturated rings. The maximum absolute atomic E-state index is 6.08. The van der Waals surface area contributed by atoms with E-state index in [2.05, 4.69) is 10.3 Å². The van der Waals surface area contributed by atoms with E-state index >= 15 is 0 Å². The second-order valence-corrected chi connectivity index (χ2v) is 4.60. The Labute approximate surface area is 101 Å². The van der Waals surface area contributed by atoms with Crippen LogP contribution in [-0.2, 0) is 0 Å². The Hall–Kier alpha value is -0.960. The molecule has 1 aliphatic rings. The Morgan fingerprint density at radius 2 is 2.25 bits per heavy atom. The zero-order chi connectivity index (χ0) is 11.4. The molecule has 4 heteroatoms. The standard InChI is InChI=1S/C12H17ClN2O/c1-16-11-8-10(4-7-14-11)15-12(9-13)5-2-3-6-12/h4,7-8H,2-3,5-6,9H2,1H3,(H,14,15). The van der Waals surface area contributed by atoms with Crippen LogP contribution in [0.4, 0.5) is 5.69 Å². The Kier molecular flexibility index (Phi) is 3.54. The first-order valence-corrected chi connectivity index (χ1v) is 6.16. The molecule has 88 valence electrons. The second-order valence-electron chi connectivity index (χ2n) is 4.33. The van der Waals surface area contributed by atoms with Crippen molar-refractivity contribution < 1.29 is 4.74 Å². The largest absolute Gasteiger partial charge is 0.481 e. The quantitative estimate of drug-likeness (QED) is 0.822. The minimum Gasteiger partial charge on any atom is -0.481 e. The number of anilines is 1. The summed E-state index contributed by atoms with van der Waals surface area (Å²) >= 11 is 6.08. The Bertz CT molecular complexity index is 351. The zero-order valence-corrected chi connectivity index (χ0v) is 10.3. The molecule has 1 aliphatic carbocycles. The van der Waals surface area contributed by atoms with Crippen LogP contribution in [0.2, 0.25) is 0 Å². The van der Waals surface area contributed by atoms with Gasteiger partial charge < -0.3 is 10.1 Å². The number of nitrogens with zero attached hydrogens (tertiary/aromatic N) is 1. The fourth-order valence-electron chi connectivity index (χ4n) is 2.25. The van der Waals surface area contributed by atoms with Crippen molar-refractivity contribution in [3.8, 4) is 5.88 Å². The van der Waals surface area contributed by atoms with Gasteiger partial charge in [-0.25, -0.2) is 4.98 Å². The lowest BCUT2D eigenvalue weighted by molar-refractivity contribution is 0.398. The molecule has 1 aromatic heterocycles. The van der Waals surface area contributed by atoms with Gasteiger partial charge in [0.05, 0.1) is 12.6 Å². The van der Waals surface area contributed by atoms with Crippen molar-refractivity contribution in [1.82, 2.24) is 4.98 Å². The lowest BCUT2D eigenvalue weighted by Gasteiger charge is -2.29. The molecule has 1 saturated carbocycles. The molecule has 0 amide bonds. The van der Waals surface area contributed by atoms with E-state index in [0.29, 0.717) is 11.8 Å². The smallest absolute Gasteiger partial charge is 0.214 e. The Morgan fingerprint density at radius 1 is 1.50 bits per heavy atom. The third-order valence-corrected chi connectivity index (χ3v) is 3.68. The summed E-state index contributed by atoms with van der Waals surface area (Å²) in [7, 11) is 1.62. The number of rotatable bonds is 4. The van der Waals surface area contributed by atoms with Crippen molar-refractivity contribution in [3.05, 3.63) is 18.3 Å². The average Bonchev–Trinajstić information content (AvgIpc) is 2.78. The van der Waals surface area contributed by atoms with E-state index in [1.54, 1.807) is 13.3 Å². The van der Waals surface area contributed by atoms with Crippen LogP contribution in [0.15, 0.2) is 18.3 Å². The van der Waals surface area contributed by atoms with E-state index in [4.69, 9.17) is 16.3 Å². The highest BCUT2D eigenvalue weighted by Gasteiger charge is 2.32. The third-order valence-electron chi connectivity index (χ3n) is 3.17. The van der Waals surface area contributed by atoms with Crippen LogP contribution in [0.3, 0.4) is 0 Å². The molecule has 0 spiro atoms. The number of ether oxygens (including phenoxy) is 1. The summed E-state index contributed by atoms with van der Waals surface area (Å²) in [6.07, 6.45) is 6.53. The Morgan fingerprint density at radius 3 is 2.88 bits per heavy atom. The first-order chi connectivity index (χ1) is 7.78. The molecule has 0 aromatic carbocycles. The number of alkyl halides is 1. The Balaban J connectivity index is 2.12. The van der Waals surface area contributed by atoms with Crippen LogP contribution < -0.4 is 10.1 Å². The van der Waals surface area contributed by atoms with Crippen LogP contribution in [0.25, 0.3) is 0 Å². The highest BCUT2D eigenvalue weighted by Crippen LogP contribution is 2.34. The molecule has 0 radical (unpaired) electrons. The maximum Gasteiger partial charge on any atom is 0.214 e. The molecule has 0 saturated heterocycles. The average molecular weight is 241 g/mol. The van der Waals surface area contributed by atoms with E-state index < -0.39 is 0 Å². The third kappa shape index (κ3) is 2.40. The molecule has 2 rings (SSSR count). The van der Waals surface area contributed by atoms with Gasteiger partial charge in [-0.3, -0.25) is 0 Å². The van der Waals surface area contributed by atoms with Crippen LogP contribution in [0, 0.1) is 0 Å². The van der Waals surface area contributed by atoms with Crippen LogP contribution in [0.5, 0.6) is 5.88 Å². The zero-order valence-electron chi connectivity index (χ0n) is 9.50. The molecule has 3 nitrogen and oxygen atoms in total. The van der Waals surface area contributed by atoms with E-state index in [1.165, 1.54) is 12.8 Å². The molecular weight excluding hydrogens is 224 g/mol. The molecule has 1 N–H and O–H groups in total. The highest BCUT2D eigenvalue weighted by atomic mass is 35.5. The van der Waals surface area contributed by atoms with Gasteiger partial charge in [0.25, 0.3) is 0 Å².